The summed E-state index contributed by atoms with van der Waals surface area (Å²) in [4.78, 5) is 2.64. The maximum Gasteiger partial charge on any atom is 0.0359 e. The van der Waals surface area contributed by atoms with Crippen molar-refractivity contribution in [3.8, 4) is 0 Å². The highest BCUT2D eigenvalue weighted by molar-refractivity contribution is 9.10. The Morgan fingerprint density at radius 2 is 2.00 bits per heavy atom. The lowest BCUT2D eigenvalue weighted by Gasteiger charge is -1.93. The van der Waals surface area contributed by atoms with Gasteiger partial charge < -0.3 is 5.73 Å². The van der Waals surface area contributed by atoms with Gasteiger partial charge in [0, 0.05) is 20.8 Å². The van der Waals surface area contributed by atoms with Crippen molar-refractivity contribution in [3.63, 3.8) is 0 Å². The van der Waals surface area contributed by atoms with E-state index in [-0.39, 0.29) is 0 Å². The van der Waals surface area contributed by atoms with Gasteiger partial charge in [-0.05, 0) is 35.3 Å². The second-order valence-corrected chi connectivity index (χ2v) is 4.43. The van der Waals surface area contributed by atoms with E-state index >= 15 is 0 Å². The van der Waals surface area contributed by atoms with E-state index in [4.69, 9.17) is 5.73 Å². The van der Waals surface area contributed by atoms with E-state index in [2.05, 4.69) is 29.8 Å². The minimum absolute atomic E-state index is 0.636. The normalized spacial score (nSPS) is 10.4. The number of thiophene rings is 1. The lowest BCUT2D eigenvalue weighted by molar-refractivity contribution is 1.06. The number of hydrogen-bond donors (Lipinski definition) is 1. The van der Waals surface area contributed by atoms with Crippen LogP contribution in [0.4, 0.5) is 0 Å². The van der Waals surface area contributed by atoms with E-state index in [1.54, 1.807) is 11.3 Å². The standard InChI is InChI=1S/C7H10BrNS/c1-4-6(3-9)7(8)5(2)10-4/h3,9H2,1-2H3. The molecule has 56 valence electrons. The van der Waals surface area contributed by atoms with Gasteiger partial charge in [0.15, 0.2) is 0 Å². The van der Waals surface area contributed by atoms with E-state index in [9.17, 15) is 0 Å². The van der Waals surface area contributed by atoms with Crippen molar-refractivity contribution in [2.75, 3.05) is 0 Å². The molecule has 1 aromatic heterocycles. The summed E-state index contributed by atoms with van der Waals surface area (Å²) in [5.41, 5.74) is 6.79. The van der Waals surface area contributed by atoms with E-state index < -0.39 is 0 Å². The van der Waals surface area contributed by atoms with Crippen molar-refractivity contribution in [1.29, 1.82) is 0 Å². The molecule has 0 aliphatic carbocycles. The van der Waals surface area contributed by atoms with Crippen molar-refractivity contribution in [3.05, 3.63) is 19.8 Å². The maximum atomic E-state index is 5.54. The number of halogens is 1. The number of nitrogens with two attached hydrogens (primary N) is 1. The van der Waals surface area contributed by atoms with Gasteiger partial charge in [-0.15, -0.1) is 11.3 Å². The Bertz CT molecular complexity index is 242. The van der Waals surface area contributed by atoms with Crippen LogP contribution in [0.3, 0.4) is 0 Å². The molecular formula is C7H10BrNS. The third kappa shape index (κ3) is 1.26. The molecular weight excluding hydrogens is 210 g/mol. The topological polar surface area (TPSA) is 26.0 Å². The van der Waals surface area contributed by atoms with Crippen LogP contribution in [0.15, 0.2) is 4.47 Å². The summed E-state index contributed by atoms with van der Waals surface area (Å²) >= 11 is 5.29. The zero-order valence-electron chi connectivity index (χ0n) is 6.07. The van der Waals surface area contributed by atoms with Crippen LogP contribution >= 0.6 is 27.3 Å². The average Bonchev–Trinajstić information content (AvgIpc) is 2.09. The molecule has 2 N–H and O–H groups in total. The Balaban J connectivity index is 3.20. The van der Waals surface area contributed by atoms with Crippen molar-refractivity contribution in [1.82, 2.24) is 0 Å². The second kappa shape index (κ2) is 3.03. The molecule has 0 aliphatic rings. The minimum atomic E-state index is 0.636. The fourth-order valence-electron chi connectivity index (χ4n) is 0.936. The van der Waals surface area contributed by atoms with Gasteiger partial charge in [-0.2, -0.15) is 0 Å². The van der Waals surface area contributed by atoms with Gasteiger partial charge in [-0.3, -0.25) is 0 Å². The molecule has 1 nitrogen and oxygen atoms in total. The summed E-state index contributed by atoms with van der Waals surface area (Å²) in [6.07, 6.45) is 0. The smallest absolute Gasteiger partial charge is 0.0359 e. The van der Waals surface area contributed by atoms with Crippen LogP contribution in [-0.4, -0.2) is 0 Å². The van der Waals surface area contributed by atoms with Crippen LogP contribution < -0.4 is 5.73 Å². The third-order valence-corrected chi connectivity index (χ3v) is 3.91. The molecule has 0 atom stereocenters. The highest BCUT2D eigenvalue weighted by atomic mass is 79.9. The lowest BCUT2D eigenvalue weighted by Crippen LogP contribution is -1.96. The van der Waals surface area contributed by atoms with E-state index in [0.29, 0.717) is 6.54 Å². The van der Waals surface area contributed by atoms with Gasteiger partial charge in [0.2, 0.25) is 0 Å². The number of rotatable bonds is 1. The molecule has 0 unspecified atom stereocenters. The molecule has 0 saturated carbocycles. The highest BCUT2D eigenvalue weighted by Crippen LogP contribution is 2.31. The van der Waals surface area contributed by atoms with Crippen LogP contribution in [0.25, 0.3) is 0 Å². The number of aryl methyl sites for hydroxylation is 2. The summed E-state index contributed by atoms with van der Waals surface area (Å²) in [6.45, 7) is 4.84. The van der Waals surface area contributed by atoms with Crippen molar-refractivity contribution in [2.24, 2.45) is 5.73 Å². The minimum Gasteiger partial charge on any atom is -0.326 e. The molecule has 1 rings (SSSR count). The van der Waals surface area contributed by atoms with Crippen LogP contribution in [-0.2, 0) is 6.54 Å². The molecule has 0 aromatic carbocycles. The predicted octanol–water partition coefficient (Wildman–Crippen LogP) is 2.59. The van der Waals surface area contributed by atoms with Gasteiger partial charge >= 0.3 is 0 Å². The summed E-state index contributed by atoms with van der Waals surface area (Å²) in [5.74, 6) is 0. The van der Waals surface area contributed by atoms with E-state index in [0.717, 1.165) is 0 Å². The van der Waals surface area contributed by atoms with Crippen LogP contribution in [0.2, 0.25) is 0 Å². The van der Waals surface area contributed by atoms with E-state index in [1.807, 2.05) is 0 Å². The zero-order valence-corrected chi connectivity index (χ0v) is 8.47. The summed E-state index contributed by atoms with van der Waals surface area (Å²) in [6, 6.07) is 0. The Hall–Kier alpha value is 0.140. The molecule has 0 spiro atoms. The Labute approximate surface area is 73.4 Å². The van der Waals surface area contributed by atoms with Crippen LogP contribution in [0.5, 0.6) is 0 Å². The maximum absolute atomic E-state index is 5.54. The molecule has 10 heavy (non-hydrogen) atoms. The van der Waals surface area contributed by atoms with Crippen LogP contribution in [0, 0.1) is 13.8 Å². The monoisotopic (exact) mass is 219 g/mol. The van der Waals surface area contributed by atoms with Gasteiger partial charge in [0.25, 0.3) is 0 Å². The average molecular weight is 220 g/mol. The zero-order chi connectivity index (χ0) is 7.72. The van der Waals surface area contributed by atoms with Crippen LogP contribution in [0.1, 0.15) is 15.3 Å². The van der Waals surface area contributed by atoms with Gasteiger partial charge in [0.1, 0.15) is 0 Å². The summed E-state index contributed by atoms with van der Waals surface area (Å²) < 4.78 is 1.19. The third-order valence-electron chi connectivity index (χ3n) is 1.51. The van der Waals surface area contributed by atoms with Crippen molar-refractivity contribution >= 4 is 27.3 Å². The Kier molecular flexibility index (Phi) is 2.50. The molecule has 1 heterocycles. The largest absolute Gasteiger partial charge is 0.326 e. The molecule has 0 amide bonds. The first kappa shape index (κ1) is 8.24. The predicted molar refractivity (Wildman–Crippen MR) is 49.4 cm³/mol. The fourth-order valence-corrected chi connectivity index (χ4v) is 2.75. The molecule has 3 heteroatoms. The molecule has 0 bridgehead atoms. The fraction of sp³-hybridized carbons (Fsp3) is 0.429. The second-order valence-electron chi connectivity index (χ2n) is 2.21. The molecule has 0 aliphatic heterocycles. The van der Waals surface area contributed by atoms with Gasteiger partial charge in [0.05, 0.1) is 0 Å². The lowest BCUT2D eigenvalue weighted by atomic mass is 10.2. The summed E-state index contributed by atoms with van der Waals surface area (Å²) in [5, 5.41) is 0. The first-order valence-corrected chi connectivity index (χ1v) is 4.72. The summed E-state index contributed by atoms with van der Waals surface area (Å²) in [7, 11) is 0. The molecule has 0 fully saturated rings. The van der Waals surface area contributed by atoms with Crippen molar-refractivity contribution in [2.45, 2.75) is 20.4 Å². The molecule has 0 saturated heterocycles. The van der Waals surface area contributed by atoms with E-state index in [1.165, 1.54) is 19.8 Å². The molecule has 1 aromatic rings. The SMILES string of the molecule is Cc1sc(C)c(CN)c1Br. The Morgan fingerprint density at radius 1 is 1.40 bits per heavy atom. The van der Waals surface area contributed by atoms with Crippen molar-refractivity contribution < 1.29 is 0 Å². The molecule has 0 radical (unpaired) electrons. The van der Waals surface area contributed by atoms with Gasteiger partial charge in [-0.25, -0.2) is 0 Å². The number of hydrogen-bond acceptors (Lipinski definition) is 2. The Morgan fingerprint density at radius 3 is 2.20 bits per heavy atom. The van der Waals surface area contributed by atoms with Gasteiger partial charge in [-0.1, -0.05) is 0 Å². The first-order chi connectivity index (χ1) is 4.66. The first-order valence-electron chi connectivity index (χ1n) is 3.11. The quantitative estimate of drug-likeness (QED) is 0.773. The highest BCUT2D eigenvalue weighted by Gasteiger charge is 2.07.